The normalized spacial score (nSPS) is 15.5. The van der Waals surface area contributed by atoms with E-state index < -0.39 is 0 Å². The minimum absolute atomic E-state index is 0.0741. The van der Waals surface area contributed by atoms with E-state index in [9.17, 15) is 14.0 Å². The number of carbonyl (C=O) groups is 1. The van der Waals surface area contributed by atoms with Crippen LogP contribution in [-0.2, 0) is 6.42 Å². The minimum Gasteiger partial charge on any atom is -0.495 e. The molecule has 4 rings (SSSR count). The molecular formula is C24H26FN3O3S. The number of ether oxygens (including phenoxy) is 1. The zero-order valence-corrected chi connectivity index (χ0v) is 19.0. The Bertz CT molecular complexity index is 1130. The van der Waals surface area contributed by atoms with E-state index in [4.69, 9.17) is 4.74 Å². The number of thiazole rings is 1. The summed E-state index contributed by atoms with van der Waals surface area (Å²) in [4.78, 5) is 28.6. The molecule has 1 aliphatic heterocycles. The van der Waals surface area contributed by atoms with Crippen molar-refractivity contribution in [3.8, 4) is 5.75 Å². The number of carbonyl (C=O) groups excluding carboxylic acids is 1. The molecule has 1 saturated heterocycles. The third-order valence-electron chi connectivity index (χ3n) is 5.92. The Morgan fingerprint density at radius 2 is 1.78 bits per heavy atom. The van der Waals surface area contributed by atoms with Gasteiger partial charge in [-0.2, -0.15) is 0 Å². The van der Waals surface area contributed by atoms with E-state index in [0.29, 0.717) is 12.1 Å². The van der Waals surface area contributed by atoms with Crippen molar-refractivity contribution in [2.24, 2.45) is 0 Å². The van der Waals surface area contributed by atoms with Crippen molar-refractivity contribution in [3.05, 3.63) is 80.7 Å². The third kappa shape index (κ3) is 4.61. The van der Waals surface area contributed by atoms with E-state index in [1.54, 1.807) is 24.6 Å². The van der Waals surface area contributed by atoms with Gasteiger partial charge in [0.05, 0.1) is 12.8 Å². The highest BCUT2D eigenvalue weighted by Crippen LogP contribution is 2.31. The molecule has 8 heteroatoms. The molecular weight excluding hydrogens is 429 g/mol. The number of para-hydroxylation sites is 2. The van der Waals surface area contributed by atoms with Crippen LogP contribution in [0.3, 0.4) is 0 Å². The number of rotatable bonds is 6. The summed E-state index contributed by atoms with van der Waals surface area (Å²) >= 11 is 1.03. The molecule has 1 atom stereocenters. The van der Waals surface area contributed by atoms with Crippen LogP contribution in [0.5, 0.6) is 5.75 Å². The van der Waals surface area contributed by atoms with Crippen LogP contribution in [0.1, 0.15) is 29.0 Å². The van der Waals surface area contributed by atoms with Gasteiger partial charge in [0.15, 0.2) is 0 Å². The van der Waals surface area contributed by atoms with Crippen molar-refractivity contribution in [1.82, 2.24) is 9.47 Å². The average Bonchev–Trinajstić information content (AvgIpc) is 3.18. The van der Waals surface area contributed by atoms with Gasteiger partial charge in [0.1, 0.15) is 11.6 Å². The molecule has 0 radical (unpaired) electrons. The monoisotopic (exact) mass is 455 g/mol. The molecule has 0 aliphatic carbocycles. The van der Waals surface area contributed by atoms with Gasteiger partial charge in [0.2, 0.25) is 5.91 Å². The summed E-state index contributed by atoms with van der Waals surface area (Å²) in [6.45, 7) is 4.59. The first-order valence-corrected chi connectivity index (χ1v) is 11.4. The maximum atomic E-state index is 13.6. The second-order valence-corrected chi connectivity index (χ2v) is 8.63. The molecule has 2 aromatic carbocycles. The summed E-state index contributed by atoms with van der Waals surface area (Å²) in [6.07, 6.45) is 0.499. The molecule has 6 nitrogen and oxygen atoms in total. The van der Waals surface area contributed by atoms with Crippen molar-refractivity contribution in [3.63, 3.8) is 0 Å². The zero-order chi connectivity index (χ0) is 22.7. The molecule has 1 fully saturated rings. The highest BCUT2D eigenvalue weighted by atomic mass is 32.1. The Morgan fingerprint density at radius 3 is 2.44 bits per heavy atom. The number of hydrogen-bond acceptors (Lipinski definition) is 6. The van der Waals surface area contributed by atoms with Crippen LogP contribution in [0.2, 0.25) is 0 Å². The molecule has 3 aromatic rings. The van der Waals surface area contributed by atoms with E-state index in [2.05, 4.69) is 15.9 Å². The quantitative estimate of drug-likeness (QED) is 0.566. The smallest absolute Gasteiger partial charge is 0.314 e. The number of benzene rings is 2. The first kappa shape index (κ1) is 22.2. The lowest BCUT2D eigenvalue weighted by Crippen LogP contribution is -2.48. The maximum absolute atomic E-state index is 13.6. The first-order chi connectivity index (χ1) is 15.5. The molecule has 1 unspecified atom stereocenters. The van der Waals surface area contributed by atoms with Crippen LogP contribution >= 0.6 is 11.3 Å². The lowest BCUT2D eigenvalue weighted by molar-refractivity contribution is 0.0928. The van der Waals surface area contributed by atoms with E-state index in [-0.39, 0.29) is 22.6 Å². The van der Waals surface area contributed by atoms with Gasteiger partial charge >= 0.3 is 4.87 Å². The molecule has 1 aliphatic rings. The van der Waals surface area contributed by atoms with Crippen LogP contribution in [0.15, 0.2) is 58.7 Å². The molecule has 0 N–H and O–H groups in total. The Labute approximate surface area is 190 Å². The van der Waals surface area contributed by atoms with Gasteiger partial charge in [-0.15, -0.1) is 0 Å². The Balaban J connectivity index is 1.58. The minimum atomic E-state index is -0.287. The Kier molecular flexibility index (Phi) is 6.72. The Hall–Kier alpha value is -2.97. The van der Waals surface area contributed by atoms with Gasteiger partial charge in [0.25, 0.3) is 0 Å². The van der Waals surface area contributed by atoms with Crippen LogP contribution in [-0.4, -0.2) is 48.7 Å². The summed E-state index contributed by atoms with van der Waals surface area (Å²) in [5.74, 6) is 0.273. The number of aromatic nitrogens is 1. The van der Waals surface area contributed by atoms with Gasteiger partial charge in [-0.25, -0.2) is 8.96 Å². The average molecular weight is 456 g/mol. The second-order valence-electron chi connectivity index (χ2n) is 7.81. The van der Waals surface area contributed by atoms with Crippen molar-refractivity contribution in [2.75, 3.05) is 38.2 Å². The van der Waals surface area contributed by atoms with Crippen LogP contribution < -0.4 is 14.5 Å². The predicted octanol–water partition coefficient (Wildman–Crippen LogP) is 3.82. The van der Waals surface area contributed by atoms with Crippen LogP contribution in [0.25, 0.3) is 0 Å². The highest BCUT2D eigenvalue weighted by molar-refractivity contribution is 7.07. The molecule has 0 saturated carbocycles. The summed E-state index contributed by atoms with van der Waals surface area (Å²) in [7, 11) is 1.68. The summed E-state index contributed by atoms with van der Waals surface area (Å²) in [5, 5.41) is 1.76. The molecule has 0 amide bonds. The Morgan fingerprint density at radius 1 is 1.09 bits per heavy atom. The van der Waals surface area contributed by atoms with E-state index >= 15 is 0 Å². The SMILES string of the molecule is COc1ccccc1N1CCN(C(Cc2csc(=O)n2C(C)=O)c2ccc(F)cc2)CC1. The van der Waals surface area contributed by atoms with Gasteiger partial charge in [-0.1, -0.05) is 35.6 Å². The van der Waals surface area contributed by atoms with Gasteiger partial charge in [0, 0.05) is 56.6 Å². The van der Waals surface area contributed by atoms with Gasteiger partial charge in [-0.05, 0) is 29.8 Å². The number of hydrogen-bond donors (Lipinski definition) is 0. The fraction of sp³-hybridized carbons (Fsp3) is 0.333. The fourth-order valence-electron chi connectivity index (χ4n) is 4.32. The number of piperazine rings is 1. The van der Waals surface area contributed by atoms with Crippen molar-refractivity contribution >= 4 is 22.9 Å². The molecule has 1 aromatic heterocycles. The largest absolute Gasteiger partial charge is 0.495 e. The summed E-state index contributed by atoms with van der Waals surface area (Å²) < 4.78 is 20.3. The predicted molar refractivity (Wildman–Crippen MR) is 125 cm³/mol. The van der Waals surface area contributed by atoms with Gasteiger partial charge < -0.3 is 9.64 Å². The van der Waals surface area contributed by atoms with Crippen LogP contribution in [0.4, 0.5) is 10.1 Å². The zero-order valence-electron chi connectivity index (χ0n) is 18.2. The second kappa shape index (κ2) is 9.67. The molecule has 32 heavy (non-hydrogen) atoms. The topological polar surface area (TPSA) is 54.8 Å². The molecule has 2 heterocycles. The van der Waals surface area contributed by atoms with Crippen LogP contribution in [0, 0.1) is 5.82 Å². The summed E-state index contributed by atoms with van der Waals surface area (Å²) in [6, 6.07) is 14.4. The lowest BCUT2D eigenvalue weighted by atomic mass is 9.99. The highest BCUT2D eigenvalue weighted by Gasteiger charge is 2.28. The van der Waals surface area contributed by atoms with Crippen molar-refractivity contribution in [1.29, 1.82) is 0 Å². The lowest BCUT2D eigenvalue weighted by Gasteiger charge is -2.40. The first-order valence-electron chi connectivity index (χ1n) is 10.6. The summed E-state index contributed by atoms with van der Waals surface area (Å²) in [5.41, 5.74) is 2.72. The van der Waals surface area contributed by atoms with E-state index in [1.807, 2.05) is 18.2 Å². The maximum Gasteiger partial charge on any atom is 0.314 e. The van der Waals surface area contributed by atoms with E-state index in [0.717, 1.165) is 54.5 Å². The van der Waals surface area contributed by atoms with E-state index in [1.165, 1.54) is 23.6 Å². The number of methoxy groups -OCH3 is 1. The van der Waals surface area contributed by atoms with Crippen molar-refractivity contribution < 1.29 is 13.9 Å². The van der Waals surface area contributed by atoms with Gasteiger partial charge in [-0.3, -0.25) is 14.5 Å². The number of halogens is 1. The number of anilines is 1. The number of nitrogens with zero attached hydrogens (tertiary/aromatic N) is 3. The molecule has 0 spiro atoms. The molecule has 168 valence electrons. The molecule has 0 bridgehead atoms. The third-order valence-corrected chi connectivity index (χ3v) is 6.69. The standard InChI is InChI=1S/C24H26FN3O3S/c1-17(29)28-20(16-32-24(28)30)15-22(18-7-9-19(25)10-8-18)27-13-11-26(12-14-27)21-5-3-4-6-23(21)31-2/h3-10,16,22H,11-15H2,1-2H3. The fourth-order valence-corrected chi connectivity index (χ4v) is 5.11. The van der Waals surface area contributed by atoms with Crippen molar-refractivity contribution in [2.45, 2.75) is 19.4 Å².